The van der Waals surface area contributed by atoms with E-state index >= 15 is 0 Å². The lowest BCUT2D eigenvalue weighted by molar-refractivity contribution is -0.113. The third-order valence-electron chi connectivity index (χ3n) is 6.15. The van der Waals surface area contributed by atoms with Crippen LogP contribution in [0.2, 0.25) is 0 Å². The number of hydrogen-bond donors (Lipinski definition) is 3. The Morgan fingerprint density at radius 1 is 1.09 bits per heavy atom. The SMILES string of the molecule is CN(C)c1ccc([C@@H](CNC(=O)c2ccc3c(c2)NC(=O)CS3)c2c[nH]c3ccccc23)cc1. The molecule has 7 heteroatoms. The minimum Gasteiger partial charge on any atom is -0.378 e. The summed E-state index contributed by atoms with van der Waals surface area (Å²) in [5.74, 6) is 0.166. The van der Waals surface area contributed by atoms with E-state index in [4.69, 9.17) is 0 Å². The zero-order valence-corrected chi connectivity index (χ0v) is 19.9. The van der Waals surface area contributed by atoms with E-state index in [1.807, 2.05) is 44.6 Å². The molecule has 0 spiro atoms. The average Bonchev–Trinajstić information content (AvgIpc) is 3.28. The number of rotatable bonds is 6. The number of H-pyrrole nitrogens is 1. The van der Waals surface area contributed by atoms with E-state index in [1.165, 1.54) is 11.8 Å². The molecular formula is C27H26N4O2S. The Labute approximate surface area is 202 Å². The third kappa shape index (κ3) is 4.39. The maximum absolute atomic E-state index is 13.1. The number of amides is 2. The van der Waals surface area contributed by atoms with Crippen molar-refractivity contribution in [2.24, 2.45) is 0 Å². The zero-order chi connectivity index (χ0) is 23.7. The molecule has 2 heterocycles. The monoisotopic (exact) mass is 470 g/mol. The van der Waals surface area contributed by atoms with Crippen LogP contribution in [0.3, 0.4) is 0 Å². The van der Waals surface area contributed by atoms with Gasteiger partial charge in [0.25, 0.3) is 5.91 Å². The number of carbonyl (C=O) groups excluding carboxylic acids is 2. The van der Waals surface area contributed by atoms with Crippen molar-refractivity contribution >= 4 is 45.9 Å². The Balaban J connectivity index is 1.42. The number of anilines is 2. The number of aromatic amines is 1. The van der Waals surface area contributed by atoms with Gasteiger partial charge in [-0.25, -0.2) is 0 Å². The maximum Gasteiger partial charge on any atom is 0.251 e. The van der Waals surface area contributed by atoms with Crippen molar-refractivity contribution in [1.29, 1.82) is 0 Å². The molecule has 6 nitrogen and oxygen atoms in total. The topological polar surface area (TPSA) is 77.2 Å². The Morgan fingerprint density at radius 2 is 1.88 bits per heavy atom. The Morgan fingerprint density at radius 3 is 2.68 bits per heavy atom. The summed E-state index contributed by atoms with van der Waals surface area (Å²) in [5.41, 5.74) is 5.69. The van der Waals surface area contributed by atoms with Crippen molar-refractivity contribution in [2.45, 2.75) is 10.8 Å². The fourth-order valence-electron chi connectivity index (χ4n) is 4.32. The van der Waals surface area contributed by atoms with E-state index in [-0.39, 0.29) is 17.7 Å². The quantitative estimate of drug-likeness (QED) is 0.377. The number of hydrogen-bond acceptors (Lipinski definition) is 4. The van der Waals surface area contributed by atoms with Gasteiger partial charge >= 0.3 is 0 Å². The summed E-state index contributed by atoms with van der Waals surface area (Å²) < 4.78 is 0. The van der Waals surface area contributed by atoms with Gasteiger partial charge in [-0.3, -0.25) is 9.59 Å². The molecule has 2 amide bonds. The summed E-state index contributed by atoms with van der Waals surface area (Å²) in [6, 6.07) is 22.1. The normalized spacial score (nSPS) is 13.8. The summed E-state index contributed by atoms with van der Waals surface area (Å²) in [7, 11) is 4.04. The summed E-state index contributed by atoms with van der Waals surface area (Å²) >= 11 is 1.48. The van der Waals surface area contributed by atoms with E-state index in [2.05, 4.69) is 56.9 Å². The maximum atomic E-state index is 13.1. The number of benzene rings is 3. The van der Waals surface area contributed by atoms with Gasteiger partial charge in [-0.1, -0.05) is 30.3 Å². The van der Waals surface area contributed by atoms with Crippen LogP contribution in [0.25, 0.3) is 10.9 Å². The predicted octanol–water partition coefficient (Wildman–Crippen LogP) is 4.84. The second-order valence-electron chi connectivity index (χ2n) is 8.59. The molecule has 4 aromatic rings. The number of aromatic nitrogens is 1. The van der Waals surface area contributed by atoms with Gasteiger partial charge in [-0.2, -0.15) is 0 Å². The minimum absolute atomic E-state index is 0.0239. The number of nitrogens with one attached hydrogen (secondary N) is 3. The van der Waals surface area contributed by atoms with Gasteiger partial charge in [0.2, 0.25) is 5.91 Å². The Hall–Kier alpha value is -3.71. The Bertz CT molecular complexity index is 1360. The molecule has 0 radical (unpaired) electrons. The Kier molecular flexibility index (Phi) is 6.02. The highest BCUT2D eigenvalue weighted by Crippen LogP contribution is 2.33. The molecule has 3 aromatic carbocycles. The van der Waals surface area contributed by atoms with Crippen molar-refractivity contribution in [2.75, 3.05) is 36.6 Å². The molecule has 0 bridgehead atoms. The highest BCUT2D eigenvalue weighted by atomic mass is 32.2. The number of nitrogens with zero attached hydrogens (tertiary/aromatic N) is 1. The van der Waals surface area contributed by atoms with E-state index in [1.54, 1.807) is 6.07 Å². The van der Waals surface area contributed by atoms with Crippen molar-refractivity contribution < 1.29 is 9.59 Å². The highest BCUT2D eigenvalue weighted by molar-refractivity contribution is 8.00. The second-order valence-corrected chi connectivity index (χ2v) is 9.60. The molecule has 1 aliphatic rings. The van der Waals surface area contributed by atoms with Gasteiger partial charge in [-0.15, -0.1) is 11.8 Å². The molecule has 0 aliphatic carbocycles. The molecule has 3 N–H and O–H groups in total. The van der Waals surface area contributed by atoms with Crippen LogP contribution >= 0.6 is 11.8 Å². The second kappa shape index (κ2) is 9.27. The largest absolute Gasteiger partial charge is 0.378 e. The van der Waals surface area contributed by atoms with E-state index in [0.717, 1.165) is 32.6 Å². The zero-order valence-electron chi connectivity index (χ0n) is 19.1. The standard InChI is InChI=1S/C27H26N4O2S/c1-31(2)19-10-7-17(8-11-19)21(22-15-28-23-6-4-3-5-20(22)23)14-29-27(33)18-9-12-25-24(13-18)30-26(32)16-34-25/h3-13,15,21,28H,14,16H2,1-2H3,(H,29,33)(H,30,32)/t21-/m1/s1. The van der Waals surface area contributed by atoms with Gasteiger partial charge in [0.15, 0.2) is 0 Å². The highest BCUT2D eigenvalue weighted by Gasteiger charge is 2.21. The van der Waals surface area contributed by atoms with Gasteiger partial charge < -0.3 is 20.5 Å². The van der Waals surface area contributed by atoms with Crippen molar-refractivity contribution in [1.82, 2.24) is 10.3 Å². The predicted molar refractivity (Wildman–Crippen MR) is 139 cm³/mol. The summed E-state index contributed by atoms with van der Waals surface area (Å²) in [5, 5.41) is 7.12. The van der Waals surface area contributed by atoms with Crippen LogP contribution in [-0.4, -0.2) is 43.2 Å². The first-order chi connectivity index (χ1) is 16.5. The lowest BCUT2D eigenvalue weighted by Gasteiger charge is -2.20. The summed E-state index contributed by atoms with van der Waals surface area (Å²) in [6.45, 7) is 0.445. The molecule has 0 fully saturated rings. The molecular weight excluding hydrogens is 444 g/mol. The van der Waals surface area contributed by atoms with E-state index in [0.29, 0.717) is 23.5 Å². The molecule has 172 valence electrons. The van der Waals surface area contributed by atoms with Crippen LogP contribution in [0.1, 0.15) is 27.4 Å². The summed E-state index contributed by atoms with van der Waals surface area (Å²) in [4.78, 5) is 31.2. The fraction of sp³-hybridized carbons (Fsp3) is 0.185. The smallest absolute Gasteiger partial charge is 0.251 e. The van der Waals surface area contributed by atoms with E-state index in [9.17, 15) is 9.59 Å². The van der Waals surface area contributed by atoms with Crippen LogP contribution in [0, 0.1) is 0 Å². The van der Waals surface area contributed by atoms with Gasteiger partial charge in [-0.05, 0) is 47.5 Å². The summed E-state index contributed by atoms with van der Waals surface area (Å²) in [6.07, 6.45) is 2.03. The lowest BCUT2D eigenvalue weighted by atomic mass is 9.90. The van der Waals surface area contributed by atoms with E-state index < -0.39 is 0 Å². The van der Waals surface area contributed by atoms with Crippen LogP contribution in [0.4, 0.5) is 11.4 Å². The number of para-hydroxylation sites is 1. The van der Waals surface area contributed by atoms with Crippen LogP contribution in [0.5, 0.6) is 0 Å². The number of carbonyl (C=O) groups is 2. The molecule has 1 atom stereocenters. The number of fused-ring (bicyclic) bond motifs is 2. The number of thioether (sulfide) groups is 1. The molecule has 34 heavy (non-hydrogen) atoms. The molecule has 5 rings (SSSR count). The molecule has 0 unspecified atom stereocenters. The minimum atomic E-state index is -0.164. The fourth-order valence-corrected chi connectivity index (χ4v) is 5.10. The van der Waals surface area contributed by atoms with Crippen LogP contribution < -0.4 is 15.5 Å². The lowest BCUT2D eigenvalue weighted by Crippen LogP contribution is -2.29. The average molecular weight is 471 g/mol. The van der Waals surface area contributed by atoms with Crippen LogP contribution in [0.15, 0.2) is 77.8 Å². The first kappa shape index (κ1) is 22.1. The first-order valence-corrected chi connectivity index (χ1v) is 12.2. The van der Waals surface area contributed by atoms with Crippen molar-refractivity contribution in [3.05, 3.63) is 89.6 Å². The van der Waals surface area contributed by atoms with Crippen molar-refractivity contribution in [3.8, 4) is 0 Å². The molecule has 0 saturated heterocycles. The third-order valence-corrected chi connectivity index (χ3v) is 7.22. The first-order valence-electron chi connectivity index (χ1n) is 11.2. The molecule has 0 saturated carbocycles. The van der Waals surface area contributed by atoms with Gasteiger partial charge in [0.05, 0.1) is 11.4 Å². The van der Waals surface area contributed by atoms with Gasteiger partial charge in [0.1, 0.15) is 0 Å². The molecule has 1 aliphatic heterocycles. The van der Waals surface area contributed by atoms with Crippen LogP contribution in [-0.2, 0) is 4.79 Å². The van der Waals surface area contributed by atoms with Crippen molar-refractivity contribution in [3.63, 3.8) is 0 Å². The van der Waals surface area contributed by atoms with Gasteiger partial charge in [0, 0.05) is 59.8 Å². The molecule has 1 aromatic heterocycles.